The van der Waals surface area contributed by atoms with Gasteiger partial charge in [0.05, 0.1) is 62.1 Å². The molecule has 2 heterocycles. The van der Waals surface area contributed by atoms with Crippen LogP contribution in [0.1, 0.15) is 22.3 Å². The van der Waals surface area contributed by atoms with Gasteiger partial charge in [0.15, 0.2) is 0 Å². The van der Waals surface area contributed by atoms with E-state index >= 15 is 0 Å². The van der Waals surface area contributed by atoms with E-state index in [4.69, 9.17) is 0 Å². The Bertz CT molecular complexity index is 2880. The third kappa shape index (κ3) is 5.80. The molecule has 60 heavy (non-hydrogen) atoms. The Morgan fingerprint density at radius 1 is 0.250 bits per heavy atom. The summed E-state index contributed by atoms with van der Waals surface area (Å²) in [5.74, 6) is 0. The molecule has 10 aromatic rings. The van der Waals surface area contributed by atoms with Crippen LogP contribution in [0, 0.1) is 0 Å². The van der Waals surface area contributed by atoms with Crippen molar-refractivity contribution in [2.45, 2.75) is 24.6 Å². The molecule has 12 rings (SSSR count). The predicted octanol–water partition coefficient (Wildman–Crippen LogP) is 15.0. The zero-order valence-electron chi connectivity index (χ0n) is 33.8. The van der Waals surface area contributed by atoms with E-state index < -0.39 is 14.5 Å². The van der Waals surface area contributed by atoms with Gasteiger partial charge in [-0.15, -0.1) is 0 Å². The lowest BCUT2D eigenvalue weighted by Crippen LogP contribution is -2.25. The summed E-state index contributed by atoms with van der Waals surface area (Å²) in [6.07, 6.45) is 6.86. The second kappa shape index (κ2) is 14.4. The Hall–Kier alpha value is -5.90. The minimum Gasteiger partial charge on any atom is -0.0620 e. The van der Waals surface area contributed by atoms with Crippen molar-refractivity contribution >= 4 is 68.2 Å². The zero-order chi connectivity index (χ0) is 39.7. The largest absolute Gasteiger partial charge is 0.0987 e. The molecule has 0 fully saturated rings. The van der Waals surface area contributed by atoms with E-state index in [0.29, 0.717) is 0 Å². The van der Waals surface area contributed by atoms with Crippen LogP contribution >= 0.6 is 14.5 Å². The maximum Gasteiger partial charge on any atom is 0.0987 e. The van der Waals surface area contributed by atoms with Crippen molar-refractivity contribution in [2.75, 3.05) is 12.3 Å². The summed E-state index contributed by atoms with van der Waals surface area (Å²) in [6, 6.07) is 79.6. The molecule has 0 saturated heterocycles. The molecule has 0 amide bonds. The Balaban J connectivity index is 1.09. The van der Waals surface area contributed by atoms with Gasteiger partial charge in [-0.05, 0) is 112 Å². The molecule has 0 nitrogen and oxygen atoms in total. The molecule has 0 saturated carbocycles. The van der Waals surface area contributed by atoms with Crippen molar-refractivity contribution < 1.29 is 0 Å². The maximum atomic E-state index is 2.50. The summed E-state index contributed by atoms with van der Waals surface area (Å²) in [6.45, 7) is 0. The highest BCUT2D eigenvalue weighted by molar-refractivity contribution is 7.85. The van der Waals surface area contributed by atoms with Gasteiger partial charge in [-0.3, -0.25) is 0 Å². The number of benzene rings is 10. The smallest absolute Gasteiger partial charge is 0.0620 e. The molecule has 0 radical (unpaired) electrons. The van der Waals surface area contributed by atoms with E-state index in [2.05, 4.69) is 206 Å². The van der Waals surface area contributed by atoms with Crippen LogP contribution in [-0.4, -0.2) is 12.3 Å². The molecule has 0 aromatic heterocycles. The van der Waals surface area contributed by atoms with Gasteiger partial charge in [0, 0.05) is 0 Å². The van der Waals surface area contributed by atoms with Gasteiger partial charge in [0.2, 0.25) is 0 Å². The van der Waals surface area contributed by atoms with E-state index in [1.165, 1.54) is 99.9 Å². The molecular formula is C58H46P2+2. The van der Waals surface area contributed by atoms with Crippen LogP contribution in [0.15, 0.2) is 206 Å². The first kappa shape index (κ1) is 36.0. The van der Waals surface area contributed by atoms with Crippen LogP contribution in [0.25, 0.3) is 65.3 Å². The normalized spacial score (nSPS) is 15.1. The second-order valence-electron chi connectivity index (χ2n) is 17.3. The average Bonchev–Trinajstić information content (AvgIpc) is 3.57. The molecule has 2 heteroatoms. The monoisotopic (exact) mass is 804 g/mol. The minimum absolute atomic E-state index is 1.11. The van der Waals surface area contributed by atoms with Gasteiger partial charge >= 0.3 is 0 Å². The summed E-state index contributed by atoms with van der Waals surface area (Å²) in [7, 11) is -3.74. The quantitative estimate of drug-likeness (QED) is 0.152. The highest BCUT2D eigenvalue weighted by atomic mass is 31.2. The van der Waals surface area contributed by atoms with Crippen LogP contribution < -0.4 is 10.6 Å². The van der Waals surface area contributed by atoms with Crippen molar-refractivity contribution in [3.05, 3.63) is 229 Å². The summed E-state index contributed by atoms with van der Waals surface area (Å²) in [4.78, 5) is 0. The van der Waals surface area contributed by atoms with Gasteiger partial charge in [0.1, 0.15) is 0 Å². The lowest BCUT2D eigenvalue weighted by Gasteiger charge is -2.32. The molecule has 2 aliphatic heterocycles. The van der Waals surface area contributed by atoms with Crippen LogP contribution in [0.2, 0.25) is 0 Å². The van der Waals surface area contributed by atoms with E-state index in [0.717, 1.165) is 24.6 Å². The van der Waals surface area contributed by atoms with E-state index in [9.17, 15) is 0 Å². The first-order valence-electron chi connectivity index (χ1n) is 21.5. The average molecular weight is 805 g/mol. The van der Waals surface area contributed by atoms with Crippen molar-refractivity contribution in [2.24, 2.45) is 0 Å². The molecule has 2 aliphatic rings. The minimum atomic E-state index is -1.87. The van der Waals surface area contributed by atoms with Gasteiger partial charge in [-0.1, -0.05) is 182 Å². The zero-order valence-corrected chi connectivity index (χ0v) is 35.6. The van der Waals surface area contributed by atoms with Gasteiger partial charge in [-0.2, -0.15) is 0 Å². The molecule has 0 N–H and O–H groups in total. The molecule has 286 valence electrons. The van der Waals surface area contributed by atoms with Crippen molar-refractivity contribution in [3.63, 3.8) is 0 Å². The van der Waals surface area contributed by atoms with Crippen LogP contribution in [0.4, 0.5) is 0 Å². The third-order valence-corrected chi connectivity index (χ3v) is 23.1. The van der Waals surface area contributed by atoms with Crippen molar-refractivity contribution in [3.8, 4) is 22.3 Å². The lowest BCUT2D eigenvalue weighted by molar-refractivity contribution is 1.25. The topological polar surface area (TPSA) is 0 Å². The van der Waals surface area contributed by atoms with Gasteiger partial charge in [0.25, 0.3) is 0 Å². The first-order valence-corrected chi connectivity index (χ1v) is 26.2. The fraction of sp³-hybridized carbons (Fsp3) is 0.103. The fourth-order valence-corrected chi connectivity index (χ4v) is 21.6. The number of fused-ring (bicyclic) bond motifs is 14. The number of hydrogen-bond acceptors (Lipinski definition) is 0. The third-order valence-electron chi connectivity index (χ3n) is 14.0. The molecule has 0 spiro atoms. The lowest BCUT2D eigenvalue weighted by atomic mass is 9.88. The molecule has 0 bridgehead atoms. The molecule has 0 atom stereocenters. The standard InChI is InChI=1S/C58H46P2/c1-3-19-49(20-4-1)59(37-45-31-27-41-15-7-11-23-51(41)55(45)56-46(38-59)32-28-42-16-8-12-24-52(42)56)35-36-60(50-21-5-2-6-22-50)39-47-33-29-43-17-9-13-25-53(43)57(47)58-48(40-60)34-30-44-18-10-14-26-54(44)58/h1-34H,35-40H2/q+2. The van der Waals surface area contributed by atoms with E-state index in [1.807, 2.05) is 0 Å². The Morgan fingerprint density at radius 3 is 0.783 bits per heavy atom. The van der Waals surface area contributed by atoms with Crippen LogP contribution in [0.3, 0.4) is 0 Å². The van der Waals surface area contributed by atoms with Crippen molar-refractivity contribution in [1.82, 2.24) is 0 Å². The summed E-state index contributed by atoms with van der Waals surface area (Å²) in [5, 5.41) is 14.0. The highest BCUT2D eigenvalue weighted by Crippen LogP contribution is 2.73. The Morgan fingerprint density at radius 2 is 0.500 bits per heavy atom. The van der Waals surface area contributed by atoms with Crippen molar-refractivity contribution in [1.29, 1.82) is 0 Å². The molecule has 10 aromatic carbocycles. The SMILES string of the molecule is c1ccc([P+]2(CC[P+]3(c4ccccc4)Cc4ccc5ccccc5c4-c4c(ccc5ccccc45)C3)Cc3ccc4ccccc4c3-c3c(ccc4ccccc34)C2)cc1. The van der Waals surface area contributed by atoms with Gasteiger partial charge in [-0.25, -0.2) is 0 Å². The van der Waals surface area contributed by atoms with E-state index in [1.54, 1.807) is 10.6 Å². The van der Waals surface area contributed by atoms with Gasteiger partial charge < -0.3 is 0 Å². The highest BCUT2D eigenvalue weighted by Gasteiger charge is 2.51. The predicted molar refractivity (Wildman–Crippen MR) is 264 cm³/mol. The molecule has 0 aliphatic carbocycles. The maximum absolute atomic E-state index is 2.50. The summed E-state index contributed by atoms with van der Waals surface area (Å²) in [5.41, 5.74) is 11.9. The van der Waals surface area contributed by atoms with Crippen LogP contribution in [0.5, 0.6) is 0 Å². The molecule has 0 unspecified atom stereocenters. The summed E-state index contributed by atoms with van der Waals surface area (Å²) < 4.78 is 0. The fourth-order valence-electron chi connectivity index (χ4n) is 11.2. The first-order chi connectivity index (χ1) is 29.7. The molecular weight excluding hydrogens is 759 g/mol. The second-order valence-corrected chi connectivity index (χ2v) is 25.1. The van der Waals surface area contributed by atoms with E-state index in [-0.39, 0.29) is 0 Å². The van der Waals surface area contributed by atoms with Crippen LogP contribution in [-0.2, 0) is 24.6 Å². The number of hydrogen-bond donors (Lipinski definition) is 0. The Kier molecular flexibility index (Phi) is 8.63. The number of rotatable bonds is 5. The summed E-state index contributed by atoms with van der Waals surface area (Å²) >= 11 is 0. The Labute approximate surface area is 354 Å².